The predicted octanol–water partition coefficient (Wildman–Crippen LogP) is 3.68. The minimum Gasteiger partial charge on any atom is -0.469 e. The van der Waals surface area contributed by atoms with E-state index in [1.54, 1.807) is 22.7 Å². The molecule has 15 heavy (non-hydrogen) atoms. The Morgan fingerprint density at radius 2 is 1.20 bits per heavy atom. The Balaban J connectivity index is 0.000000196. The summed E-state index contributed by atoms with van der Waals surface area (Å²) in [5, 5.41) is 8.17. The van der Waals surface area contributed by atoms with E-state index in [1.165, 1.54) is 14.0 Å². The summed E-state index contributed by atoms with van der Waals surface area (Å²) < 4.78 is 4.11. The molecule has 0 aromatic carbocycles. The number of hydrogen-bond acceptors (Lipinski definition) is 4. The SMILES string of the molecule is COC(C)=O.c1ccsc1.c1ccsc1. The Bertz CT molecular complexity index is 241. The van der Waals surface area contributed by atoms with Gasteiger partial charge in [-0.3, -0.25) is 4.79 Å². The van der Waals surface area contributed by atoms with Crippen LogP contribution in [0.2, 0.25) is 0 Å². The van der Waals surface area contributed by atoms with Crippen molar-refractivity contribution in [1.82, 2.24) is 0 Å². The zero-order valence-corrected chi connectivity index (χ0v) is 10.4. The van der Waals surface area contributed by atoms with Gasteiger partial charge in [0.2, 0.25) is 0 Å². The highest BCUT2D eigenvalue weighted by molar-refractivity contribution is 7.08. The van der Waals surface area contributed by atoms with Crippen molar-refractivity contribution in [3.05, 3.63) is 45.8 Å². The molecule has 0 saturated heterocycles. The fourth-order valence-corrected chi connectivity index (χ4v) is 1.36. The molecule has 0 unspecified atom stereocenters. The Hall–Kier alpha value is -1.13. The normalized spacial score (nSPS) is 7.60. The highest BCUT2D eigenvalue weighted by Crippen LogP contribution is 1.92. The fourth-order valence-electron chi connectivity index (χ4n) is 0.454. The van der Waals surface area contributed by atoms with Crippen LogP contribution in [0.5, 0.6) is 0 Å². The Morgan fingerprint density at radius 1 is 0.933 bits per heavy atom. The lowest BCUT2D eigenvalue weighted by Gasteiger charge is -1.80. The summed E-state index contributed by atoms with van der Waals surface area (Å²) in [6, 6.07) is 8.07. The molecule has 0 atom stereocenters. The van der Waals surface area contributed by atoms with Crippen LogP contribution in [0.15, 0.2) is 45.8 Å². The summed E-state index contributed by atoms with van der Waals surface area (Å²) in [4.78, 5) is 9.59. The molecule has 82 valence electrons. The Morgan fingerprint density at radius 3 is 1.27 bits per heavy atom. The molecule has 0 radical (unpaired) electrons. The van der Waals surface area contributed by atoms with Gasteiger partial charge in [0.1, 0.15) is 0 Å². The van der Waals surface area contributed by atoms with E-state index in [1.807, 2.05) is 45.8 Å². The van der Waals surface area contributed by atoms with Crippen LogP contribution < -0.4 is 0 Å². The molecule has 0 N–H and O–H groups in total. The standard InChI is InChI=1S/2C4H4S.C3H6O2/c2*1-2-4-5-3-1;1-3(4)5-2/h2*1-4H;1-2H3. The third-order valence-corrected chi connectivity index (χ3v) is 2.40. The lowest BCUT2D eigenvalue weighted by Crippen LogP contribution is -1.88. The Labute approximate surface area is 98.2 Å². The molecule has 0 bridgehead atoms. The van der Waals surface area contributed by atoms with Gasteiger partial charge in [0.25, 0.3) is 0 Å². The smallest absolute Gasteiger partial charge is 0.302 e. The van der Waals surface area contributed by atoms with Gasteiger partial charge in [-0.1, -0.05) is 24.3 Å². The van der Waals surface area contributed by atoms with Crippen molar-refractivity contribution in [3.8, 4) is 0 Å². The minimum atomic E-state index is -0.245. The molecule has 2 rings (SSSR count). The molecular formula is C11H14O2S2. The van der Waals surface area contributed by atoms with Gasteiger partial charge in [-0.15, -0.1) is 0 Å². The summed E-state index contributed by atoms with van der Waals surface area (Å²) in [7, 11) is 1.35. The van der Waals surface area contributed by atoms with Crippen LogP contribution in [-0.2, 0) is 9.53 Å². The molecular weight excluding hydrogens is 228 g/mol. The molecule has 0 saturated carbocycles. The van der Waals surface area contributed by atoms with E-state index in [9.17, 15) is 4.79 Å². The van der Waals surface area contributed by atoms with Gasteiger partial charge in [-0.2, -0.15) is 22.7 Å². The summed E-state index contributed by atoms with van der Waals surface area (Å²) >= 11 is 3.43. The topological polar surface area (TPSA) is 26.3 Å². The number of esters is 1. The van der Waals surface area contributed by atoms with Crippen molar-refractivity contribution in [3.63, 3.8) is 0 Å². The first kappa shape index (κ1) is 13.9. The van der Waals surface area contributed by atoms with Crippen molar-refractivity contribution in [1.29, 1.82) is 0 Å². The predicted molar refractivity (Wildman–Crippen MR) is 66.3 cm³/mol. The van der Waals surface area contributed by atoms with Crippen molar-refractivity contribution >= 4 is 28.6 Å². The van der Waals surface area contributed by atoms with Crippen LogP contribution in [0.4, 0.5) is 0 Å². The second-order valence-corrected chi connectivity index (χ2v) is 3.91. The Kier molecular flexibility index (Phi) is 10.1. The first-order valence-electron chi connectivity index (χ1n) is 4.26. The van der Waals surface area contributed by atoms with Gasteiger partial charge in [0.05, 0.1) is 7.11 Å². The maximum atomic E-state index is 9.59. The minimum absolute atomic E-state index is 0.245. The van der Waals surface area contributed by atoms with E-state index in [4.69, 9.17) is 0 Å². The number of carbonyl (C=O) groups excluding carboxylic acids is 1. The second-order valence-electron chi connectivity index (χ2n) is 2.28. The largest absolute Gasteiger partial charge is 0.469 e. The number of thiophene rings is 2. The van der Waals surface area contributed by atoms with E-state index < -0.39 is 0 Å². The molecule has 2 nitrogen and oxygen atoms in total. The van der Waals surface area contributed by atoms with Gasteiger partial charge in [-0.05, 0) is 21.5 Å². The molecule has 2 heterocycles. The van der Waals surface area contributed by atoms with Crippen molar-refractivity contribution in [2.24, 2.45) is 0 Å². The van der Waals surface area contributed by atoms with E-state index in [-0.39, 0.29) is 5.97 Å². The lowest BCUT2D eigenvalue weighted by atomic mass is 10.7. The quantitative estimate of drug-likeness (QED) is 0.659. The molecule has 0 aliphatic carbocycles. The van der Waals surface area contributed by atoms with Gasteiger partial charge in [0, 0.05) is 6.92 Å². The summed E-state index contributed by atoms with van der Waals surface area (Å²) in [5.74, 6) is -0.245. The van der Waals surface area contributed by atoms with Gasteiger partial charge in [0.15, 0.2) is 0 Å². The molecule has 4 heteroatoms. The third-order valence-electron chi connectivity index (χ3n) is 1.14. The molecule has 2 aromatic heterocycles. The number of ether oxygens (including phenoxy) is 1. The average molecular weight is 242 g/mol. The number of methoxy groups -OCH3 is 1. The van der Waals surface area contributed by atoms with Gasteiger partial charge >= 0.3 is 5.97 Å². The average Bonchev–Trinajstić information content (AvgIpc) is 2.96. The highest BCUT2D eigenvalue weighted by Gasteiger charge is 1.75. The maximum Gasteiger partial charge on any atom is 0.302 e. The van der Waals surface area contributed by atoms with Crippen LogP contribution in [0.3, 0.4) is 0 Å². The van der Waals surface area contributed by atoms with E-state index in [0.717, 1.165) is 0 Å². The zero-order valence-electron chi connectivity index (χ0n) is 8.75. The number of carbonyl (C=O) groups is 1. The zero-order chi connectivity index (χ0) is 11.4. The fraction of sp³-hybridized carbons (Fsp3) is 0.182. The molecule has 0 amide bonds. The molecule has 0 aliphatic heterocycles. The summed E-state index contributed by atoms with van der Waals surface area (Å²) in [6.07, 6.45) is 0. The van der Waals surface area contributed by atoms with E-state index >= 15 is 0 Å². The van der Waals surface area contributed by atoms with E-state index in [0.29, 0.717) is 0 Å². The van der Waals surface area contributed by atoms with Crippen LogP contribution in [0, 0.1) is 0 Å². The van der Waals surface area contributed by atoms with Crippen LogP contribution in [0.25, 0.3) is 0 Å². The lowest BCUT2D eigenvalue weighted by molar-refractivity contribution is -0.137. The molecule has 0 spiro atoms. The number of hydrogen-bond donors (Lipinski definition) is 0. The van der Waals surface area contributed by atoms with Crippen LogP contribution in [-0.4, -0.2) is 13.1 Å². The number of rotatable bonds is 0. The first-order chi connectivity index (χ1) is 7.27. The second kappa shape index (κ2) is 10.9. The van der Waals surface area contributed by atoms with Crippen molar-refractivity contribution in [2.75, 3.05) is 7.11 Å². The van der Waals surface area contributed by atoms with E-state index in [2.05, 4.69) is 4.74 Å². The summed E-state index contributed by atoms with van der Waals surface area (Å²) in [5.41, 5.74) is 0. The molecule has 2 aromatic rings. The maximum absolute atomic E-state index is 9.59. The molecule has 0 fully saturated rings. The monoisotopic (exact) mass is 242 g/mol. The first-order valence-corrected chi connectivity index (χ1v) is 6.14. The molecule has 0 aliphatic rings. The highest BCUT2D eigenvalue weighted by atomic mass is 32.1. The summed E-state index contributed by atoms with van der Waals surface area (Å²) in [6.45, 7) is 1.36. The van der Waals surface area contributed by atoms with Crippen LogP contribution >= 0.6 is 22.7 Å². The van der Waals surface area contributed by atoms with Crippen molar-refractivity contribution in [2.45, 2.75) is 6.92 Å². The van der Waals surface area contributed by atoms with Gasteiger partial charge < -0.3 is 4.74 Å². The van der Waals surface area contributed by atoms with Gasteiger partial charge in [-0.25, -0.2) is 0 Å². The third kappa shape index (κ3) is 12.9. The van der Waals surface area contributed by atoms with Crippen molar-refractivity contribution < 1.29 is 9.53 Å². The van der Waals surface area contributed by atoms with Crippen LogP contribution in [0.1, 0.15) is 6.92 Å².